The highest BCUT2D eigenvalue weighted by Gasteiger charge is 2.33. The van der Waals surface area contributed by atoms with Gasteiger partial charge in [-0.3, -0.25) is 9.69 Å². The van der Waals surface area contributed by atoms with Crippen molar-refractivity contribution in [1.82, 2.24) is 0 Å². The summed E-state index contributed by atoms with van der Waals surface area (Å²) in [6.45, 7) is 2.10. The molecule has 1 saturated heterocycles. The van der Waals surface area contributed by atoms with Gasteiger partial charge in [-0.05, 0) is 42.3 Å². The lowest BCUT2D eigenvalue weighted by molar-refractivity contribution is -0.113. The molecule has 1 aliphatic heterocycles. The number of thioether (sulfide) groups is 1. The average molecular weight is 386 g/mol. The Bertz CT molecular complexity index is 875. The molecular weight excluding hydrogens is 366 g/mol. The number of rotatable bonds is 5. The van der Waals surface area contributed by atoms with Crippen molar-refractivity contribution in [1.29, 1.82) is 0 Å². The molecule has 6 heteroatoms. The Labute approximate surface area is 162 Å². The molecule has 4 nitrogen and oxygen atoms in total. The van der Waals surface area contributed by atoms with E-state index in [9.17, 15) is 4.79 Å². The van der Waals surface area contributed by atoms with Gasteiger partial charge in [0.25, 0.3) is 5.91 Å². The number of carbonyl (C=O) groups excluding carboxylic acids is 1. The number of nitrogens with zero attached hydrogens (tertiary/aromatic N) is 1. The quantitative estimate of drug-likeness (QED) is 0.552. The number of ether oxygens (including phenoxy) is 2. The van der Waals surface area contributed by atoms with Crippen molar-refractivity contribution in [3.05, 3.63) is 58.5 Å². The van der Waals surface area contributed by atoms with Crippen LogP contribution in [0.15, 0.2) is 47.4 Å². The Morgan fingerprint density at radius 3 is 2.46 bits per heavy atom. The van der Waals surface area contributed by atoms with Crippen molar-refractivity contribution in [2.75, 3.05) is 19.1 Å². The monoisotopic (exact) mass is 385 g/mol. The van der Waals surface area contributed by atoms with Gasteiger partial charge in [0.05, 0.1) is 24.8 Å². The fraction of sp³-hybridized carbons (Fsp3) is 0.200. The van der Waals surface area contributed by atoms with E-state index in [1.807, 2.05) is 36.4 Å². The van der Waals surface area contributed by atoms with Gasteiger partial charge in [0.1, 0.15) is 11.5 Å². The summed E-state index contributed by atoms with van der Waals surface area (Å²) in [5, 5.41) is 0. The number of amides is 1. The van der Waals surface area contributed by atoms with Crippen LogP contribution in [0.4, 0.5) is 5.69 Å². The van der Waals surface area contributed by atoms with Gasteiger partial charge in [0.2, 0.25) is 0 Å². The van der Waals surface area contributed by atoms with Gasteiger partial charge in [-0.1, -0.05) is 43.0 Å². The maximum atomic E-state index is 12.9. The van der Waals surface area contributed by atoms with E-state index in [-0.39, 0.29) is 5.91 Å². The molecule has 1 aliphatic rings. The molecule has 0 spiro atoms. The van der Waals surface area contributed by atoms with Crippen LogP contribution in [0.5, 0.6) is 11.5 Å². The Kier molecular flexibility index (Phi) is 5.64. The van der Waals surface area contributed by atoms with Gasteiger partial charge >= 0.3 is 0 Å². The molecule has 0 radical (unpaired) electrons. The summed E-state index contributed by atoms with van der Waals surface area (Å²) in [5.74, 6) is 1.21. The van der Waals surface area contributed by atoms with Crippen LogP contribution < -0.4 is 14.4 Å². The molecule has 0 saturated carbocycles. The van der Waals surface area contributed by atoms with Crippen molar-refractivity contribution in [2.45, 2.75) is 13.3 Å². The fourth-order valence-electron chi connectivity index (χ4n) is 2.65. The summed E-state index contributed by atoms with van der Waals surface area (Å²) in [6, 6.07) is 13.4. The second kappa shape index (κ2) is 7.93. The minimum atomic E-state index is -0.123. The topological polar surface area (TPSA) is 38.8 Å². The van der Waals surface area contributed by atoms with E-state index in [1.54, 1.807) is 31.3 Å². The van der Waals surface area contributed by atoms with Crippen molar-refractivity contribution < 1.29 is 14.3 Å². The Balaban J connectivity index is 1.92. The number of hydrogen-bond donors (Lipinski definition) is 0. The first-order valence-electron chi connectivity index (χ1n) is 8.16. The van der Waals surface area contributed by atoms with E-state index in [4.69, 9.17) is 21.7 Å². The van der Waals surface area contributed by atoms with Crippen molar-refractivity contribution in [3.8, 4) is 11.5 Å². The SMILES string of the molecule is CCc1ccc(N2C(=O)C(=Cc3ccc(OC)cc3OC)SC2=S)cc1. The molecule has 3 rings (SSSR count). The van der Waals surface area contributed by atoms with Crippen LogP contribution in [-0.2, 0) is 11.2 Å². The third-order valence-electron chi connectivity index (χ3n) is 4.12. The summed E-state index contributed by atoms with van der Waals surface area (Å²) in [5.41, 5.74) is 2.81. The van der Waals surface area contributed by atoms with Gasteiger partial charge in [-0.2, -0.15) is 0 Å². The highest BCUT2D eigenvalue weighted by atomic mass is 32.2. The Morgan fingerprint density at radius 2 is 1.85 bits per heavy atom. The van der Waals surface area contributed by atoms with Crippen LogP contribution in [0.1, 0.15) is 18.1 Å². The summed E-state index contributed by atoms with van der Waals surface area (Å²) < 4.78 is 11.1. The number of carbonyl (C=O) groups is 1. The molecule has 1 heterocycles. The van der Waals surface area contributed by atoms with Crippen molar-refractivity contribution in [2.24, 2.45) is 0 Å². The van der Waals surface area contributed by atoms with Gasteiger partial charge < -0.3 is 9.47 Å². The first-order chi connectivity index (χ1) is 12.6. The van der Waals surface area contributed by atoms with Crippen LogP contribution in [0, 0.1) is 0 Å². The van der Waals surface area contributed by atoms with Crippen LogP contribution in [-0.4, -0.2) is 24.4 Å². The number of hydrogen-bond acceptors (Lipinski definition) is 5. The molecule has 26 heavy (non-hydrogen) atoms. The van der Waals surface area contributed by atoms with Crippen molar-refractivity contribution in [3.63, 3.8) is 0 Å². The molecule has 1 amide bonds. The fourth-order valence-corrected chi connectivity index (χ4v) is 3.94. The molecule has 2 aromatic rings. The molecule has 0 bridgehead atoms. The number of anilines is 1. The summed E-state index contributed by atoms with van der Waals surface area (Å²) in [4.78, 5) is 15.0. The predicted molar refractivity (Wildman–Crippen MR) is 111 cm³/mol. The van der Waals surface area contributed by atoms with Crippen LogP contribution in [0.2, 0.25) is 0 Å². The number of methoxy groups -OCH3 is 2. The first kappa shape index (κ1) is 18.5. The van der Waals surface area contributed by atoms with E-state index in [0.717, 1.165) is 17.7 Å². The zero-order valence-corrected chi connectivity index (χ0v) is 16.4. The molecule has 0 atom stereocenters. The number of benzene rings is 2. The van der Waals surface area contributed by atoms with Gasteiger partial charge in [-0.25, -0.2) is 0 Å². The molecule has 0 unspecified atom stereocenters. The lowest BCUT2D eigenvalue weighted by Crippen LogP contribution is -2.27. The van der Waals surface area contributed by atoms with Gasteiger partial charge in [0, 0.05) is 11.6 Å². The normalized spacial score (nSPS) is 15.7. The van der Waals surface area contributed by atoms with E-state index in [0.29, 0.717) is 20.7 Å². The minimum Gasteiger partial charge on any atom is -0.497 e. The number of aryl methyl sites for hydroxylation is 1. The second-order valence-corrected chi connectivity index (χ2v) is 7.32. The van der Waals surface area contributed by atoms with E-state index in [2.05, 4.69) is 6.92 Å². The van der Waals surface area contributed by atoms with E-state index in [1.165, 1.54) is 17.3 Å². The van der Waals surface area contributed by atoms with Crippen molar-refractivity contribution >= 4 is 46.0 Å². The van der Waals surface area contributed by atoms with Gasteiger partial charge in [-0.15, -0.1) is 0 Å². The van der Waals surface area contributed by atoms with E-state index >= 15 is 0 Å². The molecule has 0 aliphatic carbocycles. The highest BCUT2D eigenvalue weighted by molar-refractivity contribution is 8.27. The molecule has 134 valence electrons. The van der Waals surface area contributed by atoms with Gasteiger partial charge in [0.15, 0.2) is 4.32 Å². The summed E-state index contributed by atoms with van der Waals surface area (Å²) in [7, 11) is 3.19. The minimum absolute atomic E-state index is 0.123. The first-order valence-corrected chi connectivity index (χ1v) is 9.38. The average Bonchev–Trinajstić information content (AvgIpc) is 2.95. The maximum Gasteiger partial charge on any atom is 0.270 e. The summed E-state index contributed by atoms with van der Waals surface area (Å²) >= 11 is 6.72. The zero-order chi connectivity index (χ0) is 18.7. The highest BCUT2D eigenvalue weighted by Crippen LogP contribution is 2.37. The van der Waals surface area contributed by atoms with E-state index < -0.39 is 0 Å². The number of thiocarbonyl (C=S) groups is 1. The molecular formula is C20H19NO3S2. The lowest BCUT2D eigenvalue weighted by Gasteiger charge is -2.14. The summed E-state index contributed by atoms with van der Waals surface area (Å²) in [6.07, 6.45) is 2.76. The largest absolute Gasteiger partial charge is 0.497 e. The second-order valence-electron chi connectivity index (χ2n) is 5.65. The molecule has 0 N–H and O–H groups in total. The zero-order valence-electron chi connectivity index (χ0n) is 14.8. The third-order valence-corrected chi connectivity index (χ3v) is 5.43. The molecule has 0 aromatic heterocycles. The van der Waals surface area contributed by atoms with Crippen LogP contribution in [0.25, 0.3) is 6.08 Å². The predicted octanol–water partition coefficient (Wildman–Crippen LogP) is 4.67. The lowest BCUT2D eigenvalue weighted by atomic mass is 10.1. The Hall–Kier alpha value is -2.31. The molecule has 1 fully saturated rings. The maximum absolute atomic E-state index is 12.9. The Morgan fingerprint density at radius 1 is 1.12 bits per heavy atom. The van der Waals surface area contributed by atoms with Crippen LogP contribution >= 0.6 is 24.0 Å². The molecule has 2 aromatic carbocycles. The smallest absolute Gasteiger partial charge is 0.270 e. The standard InChI is InChI=1S/C20H19NO3S2/c1-4-13-5-8-15(9-6-13)21-19(22)18(26-20(21)25)11-14-7-10-16(23-2)12-17(14)24-3/h5-12H,4H2,1-3H3. The third kappa shape index (κ3) is 3.61. The van der Waals surface area contributed by atoms with Crippen LogP contribution in [0.3, 0.4) is 0 Å².